The first-order chi connectivity index (χ1) is 7.60. The highest BCUT2D eigenvalue weighted by Crippen LogP contribution is 2.27. The second kappa shape index (κ2) is 8.34. The lowest BCUT2D eigenvalue weighted by molar-refractivity contribution is -0.151. The Morgan fingerprint density at radius 1 is 1.38 bits per heavy atom. The third-order valence-electron chi connectivity index (χ3n) is 2.80. The molecule has 3 heteroatoms. The van der Waals surface area contributed by atoms with E-state index in [1.165, 1.54) is 0 Å². The van der Waals surface area contributed by atoms with Gasteiger partial charge in [-0.15, -0.1) is 6.58 Å². The zero-order chi connectivity index (χ0) is 12.4. The van der Waals surface area contributed by atoms with E-state index in [0.29, 0.717) is 6.61 Å². The molecule has 0 radical (unpaired) electrons. The normalized spacial score (nSPS) is 14.2. The maximum atomic E-state index is 11.7. The monoisotopic (exact) mass is 228 g/mol. The van der Waals surface area contributed by atoms with Gasteiger partial charge in [0, 0.05) is 6.61 Å². The highest BCUT2D eigenvalue weighted by atomic mass is 16.5. The van der Waals surface area contributed by atoms with Gasteiger partial charge in [0.15, 0.2) is 0 Å². The lowest BCUT2D eigenvalue weighted by atomic mass is 9.85. The third-order valence-corrected chi connectivity index (χ3v) is 2.80. The molecule has 1 unspecified atom stereocenters. The Morgan fingerprint density at radius 2 is 2.00 bits per heavy atom. The number of ether oxygens (including phenoxy) is 1. The first kappa shape index (κ1) is 15.2. The van der Waals surface area contributed by atoms with E-state index >= 15 is 0 Å². The lowest BCUT2D eigenvalue weighted by Gasteiger charge is -2.23. The summed E-state index contributed by atoms with van der Waals surface area (Å²) in [5.41, 5.74) is -0.560. The van der Waals surface area contributed by atoms with Gasteiger partial charge in [-0.05, 0) is 26.7 Å². The molecule has 16 heavy (non-hydrogen) atoms. The number of hydrogen-bond donors (Lipinski definition) is 1. The quantitative estimate of drug-likeness (QED) is 0.375. The molecule has 94 valence electrons. The molecule has 0 aliphatic carbocycles. The first-order valence-electron chi connectivity index (χ1n) is 6.02. The molecule has 0 spiro atoms. The minimum absolute atomic E-state index is 0.188. The van der Waals surface area contributed by atoms with Crippen LogP contribution in [-0.4, -0.2) is 24.3 Å². The molecule has 1 N–H and O–H groups in total. The molecule has 0 aromatic carbocycles. The summed E-state index contributed by atoms with van der Waals surface area (Å²) in [5, 5.41) is 8.64. The van der Waals surface area contributed by atoms with Crippen molar-refractivity contribution in [3.8, 4) is 0 Å². The van der Waals surface area contributed by atoms with E-state index < -0.39 is 5.41 Å². The number of rotatable bonds is 9. The molecule has 0 aliphatic heterocycles. The van der Waals surface area contributed by atoms with Gasteiger partial charge >= 0.3 is 5.97 Å². The van der Waals surface area contributed by atoms with Crippen molar-refractivity contribution in [3.05, 3.63) is 12.7 Å². The van der Waals surface area contributed by atoms with Gasteiger partial charge in [0.05, 0.1) is 12.0 Å². The summed E-state index contributed by atoms with van der Waals surface area (Å²) in [5.74, 6) is -0.188. The second-order valence-corrected chi connectivity index (χ2v) is 4.23. The highest BCUT2D eigenvalue weighted by Gasteiger charge is 2.30. The van der Waals surface area contributed by atoms with Crippen LogP contribution in [0.3, 0.4) is 0 Å². The number of aliphatic hydroxyl groups excluding tert-OH is 1. The van der Waals surface area contributed by atoms with Crippen LogP contribution < -0.4 is 0 Å². The molecule has 0 rings (SSSR count). The number of hydrogen-bond acceptors (Lipinski definition) is 3. The number of unbranched alkanes of at least 4 members (excludes halogenated alkanes) is 3. The van der Waals surface area contributed by atoms with E-state index in [2.05, 4.69) is 6.58 Å². The number of carbonyl (C=O) groups excluding carboxylic acids is 1. The van der Waals surface area contributed by atoms with Crippen molar-refractivity contribution in [3.63, 3.8) is 0 Å². The van der Waals surface area contributed by atoms with E-state index in [1.807, 2.05) is 13.8 Å². The first-order valence-corrected chi connectivity index (χ1v) is 6.02. The molecule has 3 nitrogen and oxygen atoms in total. The zero-order valence-corrected chi connectivity index (χ0v) is 10.5. The molecular formula is C13H24O3. The Balaban J connectivity index is 3.96. The Bertz CT molecular complexity index is 213. The SMILES string of the molecule is C=CC(C)(CCCCCCO)C(=O)OCC. The van der Waals surface area contributed by atoms with Crippen molar-refractivity contribution in [1.82, 2.24) is 0 Å². The van der Waals surface area contributed by atoms with Crippen LogP contribution in [0.4, 0.5) is 0 Å². The third kappa shape index (κ3) is 5.31. The summed E-state index contributed by atoms with van der Waals surface area (Å²) < 4.78 is 5.03. The van der Waals surface area contributed by atoms with E-state index in [4.69, 9.17) is 9.84 Å². The van der Waals surface area contributed by atoms with Crippen LogP contribution in [0.2, 0.25) is 0 Å². The minimum atomic E-state index is -0.560. The summed E-state index contributed by atoms with van der Waals surface area (Å²) in [4.78, 5) is 11.7. The van der Waals surface area contributed by atoms with Gasteiger partial charge in [0.1, 0.15) is 0 Å². The average Bonchev–Trinajstić information content (AvgIpc) is 2.28. The molecule has 1 atom stereocenters. The maximum Gasteiger partial charge on any atom is 0.315 e. The van der Waals surface area contributed by atoms with E-state index in [0.717, 1.165) is 32.1 Å². The molecule has 0 fully saturated rings. The fraction of sp³-hybridized carbons (Fsp3) is 0.769. The Labute approximate surface area is 98.5 Å². The van der Waals surface area contributed by atoms with Crippen molar-refractivity contribution in [1.29, 1.82) is 0 Å². The van der Waals surface area contributed by atoms with Crippen LogP contribution in [0.1, 0.15) is 46.0 Å². The standard InChI is InChI=1S/C13H24O3/c1-4-13(3,12(15)16-5-2)10-8-6-7-9-11-14/h4,14H,1,5-11H2,2-3H3. The maximum absolute atomic E-state index is 11.7. The molecule has 0 amide bonds. The summed E-state index contributed by atoms with van der Waals surface area (Å²) in [6.07, 6.45) is 6.28. The second-order valence-electron chi connectivity index (χ2n) is 4.23. The van der Waals surface area contributed by atoms with Crippen LogP contribution in [0, 0.1) is 5.41 Å². The van der Waals surface area contributed by atoms with Gasteiger partial charge in [0.2, 0.25) is 0 Å². The van der Waals surface area contributed by atoms with Gasteiger partial charge in [-0.3, -0.25) is 4.79 Å². The molecule has 0 bridgehead atoms. The average molecular weight is 228 g/mol. The van der Waals surface area contributed by atoms with Crippen LogP contribution in [0.5, 0.6) is 0 Å². The van der Waals surface area contributed by atoms with Crippen molar-refractivity contribution in [2.75, 3.05) is 13.2 Å². The van der Waals surface area contributed by atoms with Crippen molar-refractivity contribution in [2.45, 2.75) is 46.0 Å². The molecule has 0 saturated carbocycles. The largest absolute Gasteiger partial charge is 0.465 e. The number of esters is 1. The summed E-state index contributed by atoms with van der Waals surface area (Å²) in [7, 11) is 0. The summed E-state index contributed by atoms with van der Waals surface area (Å²) in [6, 6.07) is 0. The molecule has 0 heterocycles. The number of carbonyl (C=O) groups is 1. The molecule has 0 aromatic heterocycles. The van der Waals surface area contributed by atoms with Crippen molar-refractivity contribution >= 4 is 5.97 Å². The topological polar surface area (TPSA) is 46.5 Å². The van der Waals surface area contributed by atoms with E-state index in [9.17, 15) is 4.79 Å². The van der Waals surface area contributed by atoms with Gasteiger partial charge in [-0.25, -0.2) is 0 Å². The van der Waals surface area contributed by atoms with Gasteiger partial charge in [-0.2, -0.15) is 0 Å². The molecular weight excluding hydrogens is 204 g/mol. The lowest BCUT2D eigenvalue weighted by Crippen LogP contribution is -2.27. The smallest absolute Gasteiger partial charge is 0.315 e. The highest BCUT2D eigenvalue weighted by molar-refractivity contribution is 5.78. The van der Waals surface area contributed by atoms with Crippen LogP contribution in [-0.2, 0) is 9.53 Å². The Kier molecular flexibility index (Phi) is 7.90. The molecule has 0 saturated heterocycles. The summed E-state index contributed by atoms with van der Waals surface area (Å²) >= 11 is 0. The fourth-order valence-electron chi connectivity index (χ4n) is 1.54. The van der Waals surface area contributed by atoms with E-state index in [1.54, 1.807) is 6.08 Å². The van der Waals surface area contributed by atoms with Crippen LogP contribution >= 0.6 is 0 Å². The van der Waals surface area contributed by atoms with Crippen molar-refractivity contribution < 1.29 is 14.6 Å². The fourth-order valence-corrected chi connectivity index (χ4v) is 1.54. The summed E-state index contributed by atoms with van der Waals surface area (Å²) in [6.45, 7) is 8.04. The van der Waals surface area contributed by atoms with E-state index in [-0.39, 0.29) is 12.6 Å². The van der Waals surface area contributed by atoms with Crippen LogP contribution in [0.15, 0.2) is 12.7 Å². The Hall–Kier alpha value is -0.830. The van der Waals surface area contributed by atoms with Gasteiger partial charge < -0.3 is 9.84 Å². The predicted octanol–water partition coefficient (Wildman–Crippen LogP) is 2.68. The molecule has 0 aliphatic rings. The van der Waals surface area contributed by atoms with Crippen LogP contribution in [0.25, 0.3) is 0 Å². The van der Waals surface area contributed by atoms with Gasteiger partial charge in [-0.1, -0.05) is 25.3 Å². The molecule has 0 aromatic rings. The number of aliphatic hydroxyl groups is 1. The Morgan fingerprint density at radius 3 is 2.50 bits per heavy atom. The minimum Gasteiger partial charge on any atom is -0.465 e. The zero-order valence-electron chi connectivity index (χ0n) is 10.5. The predicted molar refractivity (Wildman–Crippen MR) is 65.1 cm³/mol. The van der Waals surface area contributed by atoms with Gasteiger partial charge in [0.25, 0.3) is 0 Å². The van der Waals surface area contributed by atoms with Crippen molar-refractivity contribution in [2.24, 2.45) is 5.41 Å².